The van der Waals surface area contributed by atoms with Crippen LogP contribution in [0.1, 0.15) is 26.9 Å². The van der Waals surface area contributed by atoms with Gasteiger partial charge >= 0.3 is 0 Å². The Kier molecular flexibility index (Phi) is 7.09. The molecule has 1 N–H and O–H groups in total. The fourth-order valence-corrected chi connectivity index (χ4v) is 4.82. The zero-order valence-electron chi connectivity index (χ0n) is 18.2. The van der Waals surface area contributed by atoms with Gasteiger partial charge in [-0.3, -0.25) is 4.79 Å². The summed E-state index contributed by atoms with van der Waals surface area (Å²) in [6, 6.07) is 12.7. The number of carbonyl (C=O) groups is 1. The molecule has 3 aromatic rings. The topological polar surface area (TPSA) is 104 Å². The van der Waals surface area contributed by atoms with Gasteiger partial charge in [-0.15, -0.1) is 0 Å². The summed E-state index contributed by atoms with van der Waals surface area (Å²) < 4.78 is 47.8. The van der Waals surface area contributed by atoms with E-state index in [9.17, 15) is 13.2 Å². The van der Waals surface area contributed by atoms with E-state index >= 15 is 0 Å². The van der Waals surface area contributed by atoms with Crippen LogP contribution in [0.4, 0.5) is 0 Å². The van der Waals surface area contributed by atoms with Crippen molar-refractivity contribution in [3.8, 4) is 17.2 Å². The second-order valence-corrected chi connectivity index (χ2v) is 9.12. The number of nitrogens with one attached hydrogen (secondary N) is 1. The molecule has 8 nitrogen and oxygen atoms in total. The third-order valence-corrected chi connectivity index (χ3v) is 7.04. The van der Waals surface area contributed by atoms with Crippen molar-refractivity contribution in [2.24, 2.45) is 0 Å². The normalized spacial score (nSPS) is 12.1. The molecule has 1 heterocycles. The summed E-state index contributed by atoms with van der Waals surface area (Å²) in [5.74, 6) is 0.705. The molecule has 1 aromatic heterocycles. The van der Waals surface area contributed by atoms with E-state index in [1.165, 1.54) is 39.7 Å². The van der Waals surface area contributed by atoms with Crippen LogP contribution in [-0.4, -0.2) is 42.2 Å². The Bertz CT molecular complexity index is 1140. The lowest BCUT2D eigenvalue weighted by Gasteiger charge is -2.18. The first-order valence-electron chi connectivity index (χ1n) is 9.74. The second-order valence-electron chi connectivity index (χ2n) is 6.99. The van der Waals surface area contributed by atoms with Gasteiger partial charge in [0, 0.05) is 12.1 Å². The number of carbonyl (C=O) groups excluding carboxylic acids is 1. The summed E-state index contributed by atoms with van der Waals surface area (Å²) >= 11 is 0. The minimum absolute atomic E-state index is 0.145. The van der Waals surface area contributed by atoms with Crippen molar-refractivity contribution < 1.29 is 31.8 Å². The Hall–Kier alpha value is -3.46. The molecule has 0 fully saturated rings. The van der Waals surface area contributed by atoms with Gasteiger partial charge in [0.2, 0.25) is 5.75 Å². The van der Waals surface area contributed by atoms with Crippen molar-refractivity contribution in [2.45, 2.75) is 17.1 Å². The van der Waals surface area contributed by atoms with E-state index in [1.54, 1.807) is 36.4 Å². The maximum absolute atomic E-state index is 13.3. The van der Waals surface area contributed by atoms with Crippen LogP contribution in [0.25, 0.3) is 0 Å². The molecular formula is C23H25NO7S. The van der Waals surface area contributed by atoms with Crippen LogP contribution in [0.2, 0.25) is 0 Å². The predicted molar refractivity (Wildman–Crippen MR) is 118 cm³/mol. The van der Waals surface area contributed by atoms with Crippen molar-refractivity contribution in [1.82, 2.24) is 5.32 Å². The zero-order chi connectivity index (χ0) is 23.3. The first-order chi connectivity index (χ1) is 15.3. The molecule has 0 unspecified atom stereocenters. The second kappa shape index (κ2) is 9.78. The van der Waals surface area contributed by atoms with Crippen molar-refractivity contribution >= 4 is 15.7 Å². The summed E-state index contributed by atoms with van der Waals surface area (Å²) in [5, 5.41) is 1.58. The molecule has 1 atom stereocenters. The quantitative estimate of drug-likeness (QED) is 0.522. The van der Waals surface area contributed by atoms with E-state index in [-0.39, 0.29) is 22.8 Å². The summed E-state index contributed by atoms with van der Waals surface area (Å²) in [6.07, 6.45) is 1.40. The monoisotopic (exact) mass is 459 g/mol. The van der Waals surface area contributed by atoms with Crippen LogP contribution in [0.15, 0.2) is 64.1 Å². The van der Waals surface area contributed by atoms with Gasteiger partial charge in [0.05, 0.1) is 32.5 Å². The molecule has 2 aromatic carbocycles. The van der Waals surface area contributed by atoms with E-state index in [0.717, 1.165) is 5.56 Å². The van der Waals surface area contributed by atoms with Crippen LogP contribution < -0.4 is 19.5 Å². The molecule has 0 aliphatic heterocycles. The summed E-state index contributed by atoms with van der Waals surface area (Å²) in [5.41, 5.74) is 1.17. The molecule has 0 aliphatic rings. The van der Waals surface area contributed by atoms with Gasteiger partial charge in [-0.25, -0.2) is 8.42 Å². The summed E-state index contributed by atoms with van der Waals surface area (Å²) in [4.78, 5) is 13.0. The average Bonchev–Trinajstić information content (AvgIpc) is 3.32. The van der Waals surface area contributed by atoms with Gasteiger partial charge in [0.1, 0.15) is 11.0 Å². The number of hydrogen-bond acceptors (Lipinski definition) is 7. The minimum Gasteiger partial charge on any atom is -0.493 e. The maximum Gasteiger partial charge on any atom is 0.251 e. The average molecular weight is 460 g/mol. The third kappa shape index (κ3) is 4.72. The molecule has 0 radical (unpaired) electrons. The highest BCUT2D eigenvalue weighted by Crippen LogP contribution is 2.38. The molecule has 1 amide bonds. The van der Waals surface area contributed by atoms with Crippen molar-refractivity contribution in [2.75, 3.05) is 27.9 Å². The maximum atomic E-state index is 13.3. The largest absolute Gasteiger partial charge is 0.493 e. The highest BCUT2D eigenvalue weighted by Gasteiger charge is 2.32. The molecule has 9 heteroatoms. The lowest BCUT2D eigenvalue weighted by Crippen LogP contribution is -2.31. The Morgan fingerprint density at radius 1 is 1.00 bits per heavy atom. The summed E-state index contributed by atoms with van der Waals surface area (Å²) in [6.45, 7) is 1.68. The van der Waals surface area contributed by atoms with Gasteiger partial charge in [-0.05, 0) is 43.3 Å². The number of rotatable bonds is 9. The smallest absolute Gasteiger partial charge is 0.251 e. The van der Waals surface area contributed by atoms with Gasteiger partial charge < -0.3 is 23.9 Å². The Morgan fingerprint density at radius 2 is 1.62 bits per heavy atom. The van der Waals surface area contributed by atoms with Crippen molar-refractivity contribution in [3.05, 3.63) is 71.7 Å². The molecule has 0 spiro atoms. The predicted octanol–water partition coefficient (Wildman–Crippen LogP) is 3.56. The first kappa shape index (κ1) is 23.2. The number of furan rings is 1. The van der Waals surface area contributed by atoms with E-state index in [1.807, 2.05) is 6.92 Å². The van der Waals surface area contributed by atoms with Gasteiger partial charge in [-0.1, -0.05) is 17.7 Å². The molecule has 3 rings (SSSR count). The number of aryl methyl sites for hydroxylation is 1. The van der Waals surface area contributed by atoms with Gasteiger partial charge in [0.25, 0.3) is 5.91 Å². The zero-order valence-corrected chi connectivity index (χ0v) is 19.1. The number of methoxy groups -OCH3 is 3. The fraction of sp³-hybridized carbons (Fsp3) is 0.261. The van der Waals surface area contributed by atoms with Crippen LogP contribution in [0, 0.1) is 6.92 Å². The molecule has 0 saturated carbocycles. The number of hydrogen-bond donors (Lipinski definition) is 1. The highest BCUT2D eigenvalue weighted by atomic mass is 32.2. The van der Waals surface area contributed by atoms with Crippen LogP contribution in [-0.2, 0) is 9.84 Å². The molecular weight excluding hydrogens is 434 g/mol. The van der Waals surface area contributed by atoms with E-state index in [4.69, 9.17) is 18.6 Å². The van der Waals surface area contributed by atoms with Gasteiger partial charge in [-0.2, -0.15) is 0 Å². The lowest BCUT2D eigenvalue weighted by molar-refractivity contribution is 0.0952. The number of benzene rings is 2. The fourth-order valence-electron chi connectivity index (χ4n) is 3.23. The molecule has 0 bridgehead atoms. The number of ether oxygens (including phenoxy) is 3. The first-order valence-corrected chi connectivity index (χ1v) is 11.3. The Morgan fingerprint density at radius 3 is 2.12 bits per heavy atom. The Labute approximate surface area is 187 Å². The third-order valence-electron chi connectivity index (χ3n) is 4.96. The van der Waals surface area contributed by atoms with Crippen molar-refractivity contribution in [3.63, 3.8) is 0 Å². The van der Waals surface area contributed by atoms with Gasteiger partial charge in [0.15, 0.2) is 21.3 Å². The summed E-state index contributed by atoms with van der Waals surface area (Å²) in [7, 11) is 0.519. The van der Waals surface area contributed by atoms with E-state index in [0.29, 0.717) is 17.2 Å². The minimum atomic E-state index is -3.83. The molecule has 32 heavy (non-hydrogen) atoms. The van der Waals surface area contributed by atoms with Crippen LogP contribution >= 0.6 is 0 Å². The lowest BCUT2D eigenvalue weighted by atomic mass is 10.1. The van der Waals surface area contributed by atoms with Crippen molar-refractivity contribution in [1.29, 1.82) is 0 Å². The van der Waals surface area contributed by atoms with E-state index < -0.39 is 21.0 Å². The number of sulfone groups is 1. The van der Waals surface area contributed by atoms with Crippen LogP contribution in [0.5, 0.6) is 17.2 Å². The highest BCUT2D eigenvalue weighted by molar-refractivity contribution is 7.91. The van der Waals surface area contributed by atoms with E-state index in [2.05, 4.69) is 5.32 Å². The Balaban J connectivity index is 1.89. The SMILES string of the molecule is COc1cc(C(=O)NC[C@H](c2ccco2)S(=O)(=O)c2ccc(C)cc2)cc(OC)c1OC. The van der Waals surface area contributed by atoms with Crippen LogP contribution in [0.3, 0.4) is 0 Å². The molecule has 170 valence electrons. The standard InChI is InChI=1S/C23H25NO7S/c1-15-7-9-17(10-8-15)32(26,27)21(18-6-5-11-31-18)14-24-23(25)16-12-19(28-2)22(30-4)20(13-16)29-3/h5-13,21H,14H2,1-4H3,(H,24,25)/t21-/m1/s1. The molecule has 0 saturated heterocycles. The molecule has 0 aliphatic carbocycles. The number of amides is 1.